The zero-order chi connectivity index (χ0) is 19.7. The first-order chi connectivity index (χ1) is 12.8. The Morgan fingerprint density at radius 1 is 0.889 bits per heavy atom. The molecule has 1 saturated carbocycles. The number of hydrogen-bond acceptors (Lipinski definition) is 2. The molecule has 0 aliphatic heterocycles. The second kappa shape index (κ2) is 7.80. The van der Waals surface area contributed by atoms with Crippen LogP contribution in [0.5, 0.6) is 0 Å². The van der Waals surface area contributed by atoms with E-state index in [-0.39, 0.29) is 28.5 Å². The molecule has 2 nitrogen and oxygen atoms in total. The summed E-state index contributed by atoms with van der Waals surface area (Å²) in [6.45, 7) is 1.28. The molecular weight excluding hydrogens is 360 g/mol. The highest BCUT2D eigenvalue weighted by Crippen LogP contribution is 2.39. The molecule has 0 heterocycles. The van der Waals surface area contributed by atoms with Crippen LogP contribution in [0.25, 0.3) is 11.1 Å². The minimum Gasteiger partial charge on any atom is -0.389 e. The summed E-state index contributed by atoms with van der Waals surface area (Å²) < 4.78 is 57.7. The van der Waals surface area contributed by atoms with E-state index in [1.807, 2.05) is 0 Å². The van der Waals surface area contributed by atoms with Gasteiger partial charge in [-0.25, -0.2) is 17.6 Å². The molecule has 1 aliphatic rings. The Bertz CT molecular complexity index is 856. The van der Waals surface area contributed by atoms with Crippen molar-refractivity contribution >= 4 is 6.29 Å². The Labute approximate surface area is 154 Å². The largest absolute Gasteiger partial charge is 0.389 e. The van der Waals surface area contributed by atoms with Gasteiger partial charge in [-0.3, -0.25) is 0 Å². The lowest BCUT2D eigenvalue weighted by atomic mass is 9.78. The molecule has 6 heteroatoms. The SMILES string of the molecule is CC(O)c1ccc(-c2ccc(C3CCC(C=O)CC3)c(F)c2F)c(F)c1F. The van der Waals surface area contributed by atoms with E-state index in [4.69, 9.17) is 0 Å². The number of aliphatic hydroxyl groups is 1. The van der Waals surface area contributed by atoms with Gasteiger partial charge >= 0.3 is 0 Å². The van der Waals surface area contributed by atoms with Crippen LogP contribution in [0.3, 0.4) is 0 Å². The lowest BCUT2D eigenvalue weighted by Gasteiger charge is -2.26. The zero-order valence-electron chi connectivity index (χ0n) is 14.8. The van der Waals surface area contributed by atoms with Gasteiger partial charge in [0.1, 0.15) is 6.29 Å². The monoisotopic (exact) mass is 380 g/mol. The molecule has 0 aromatic heterocycles. The molecule has 0 spiro atoms. The molecule has 144 valence electrons. The highest BCUT2D eigenvalue weighted by Gasteiger charge is 2.27. The van der Waals surface area contributed by atoms with Crippen LogP contribution in [0.2, 0.25) is 0 Å². The smallest absolute Gasteiger partial charge is 0.167 e. The van der Waals surface area contributed by atoms with Crippen LogP contribution in [0.4, 0.5) is 17.6 Å². The van der Waals surface area contributed by atoms with Gasteiger partial charge < -0.3 is 9.90 Å². The summed E-state index contributed by atoms with van der Waals surface area (Å²) in [5.41, 5.74) is -0.821. The Morgan fingerprint density at radius 3 is 2.00 bits per heavy atom. The number of rotatable bonds is 4. The molecule has 1 unspecified atom stereocenters. The molecular formula is C21H20F4O2. The van der Waals surface area contributed by atoms with Crippen molar-refractivity contribution in [2.75, 3.05) is 0 Å². The summed E-state index contributed by atoms with van der Waals surface area (Å²) in [5.74, 6) is -5.15. The van der Waals surface area contributed by atoms with Crippen molar-refractivity contribution in [3.8, 4) is 11.1 Å². The number of halogens is 4. The molecule has 3 rings (SSSR count). The van der Waals surface area contributed by atoms with Gasteiger partial charge in [0.25, 0.3) is 0 Å². The van der Waals surface area contributed by atoms with E-state index in [1.54, 1.807) is 0 Å². The van der Waals surface area contributed by atoms with E-state index >= 15 is 0 Å². The molecule has 2 aromatic rings. The predicted octanol–water partition coefficient (Wildman–Crippen LogP) is 5.44. The van der Waals surface area contributed by atoms with Crippen LogP contribution in [0.15, 0.2) is 24.3 Å². The summed E-state index contributed by atoms with van der Waals surface area (Å²) in [5, 5.41) is 9.44. The number of aliphatic hydroxyl groups excluding tert-OH is 1. The summed E-state index contributed by atoms with van der Waals surface area (Å²) in [4.78, 5) is 10.8. The van der Waals surface area contributed by atoms with Gasteiger partial charge in [-0.05, 0) is 44.1 Å². The summed E-state index contributed by atoms with van der Waals surface area (Å²) >= 11 is 0. The average molecular weight is 380 g/mol. The van der Waals surface area contributed by atoms with Crippen molar-refractivity contribution in [3.05, 3.63) is 58.7 Å². The predicted molar refractivity (Wildman–Crippen MR) is 93.1 cm³/mol. The van der Waals surface area contributed by atoms with Gasteiger partial charge in [0.05, 0.1) is 6.10 Å². The van der Waals surface area contributed by atoms with E-state index in [1.165, 1.54) is 19.1 Å². The maximum absolute atomic E-state index is 14.7. The fraction of sp³-hybridized carbons (Fsp3) is 0.381. The van der Waals surface area contributed by atoms with Crippen molar-refractivity contribution in [1.82, 2.24) is 0 Å². The van der Waals surface area contributed by atoms with Crippen LogP contribution >= 0.6 is 0 Å². The number of carbonyl (C=O) groups excluding carboxylic acids is 1. The Kier molecular flexibility index (Phi) is 5.65. The number of benzene rings is 2. The first kappa shape index (κ1) is 19.5. The molecule has 0 bridgehead atoms. The van der Waals surface area contributed by atoms with Gasteiger partial charge in [0.2, 0.25) is 0 Å². The topological polar surface area (TPSA) is 37.3 Å². The fourth-order valence-electron chi connectivity index (χ4n) is 3.75. The third kappa shape index (κ3) is 3.63. The minimum atomic E-state index is -1.33. The lowest BCUT2D eigenvalue weighted by molar-refractivity contribution is -0.111. The van der Waals surface area contributed by atoms with Crippen LogP contribution in [0.1, 0.15) is 55.8 Å². The normalized spacial score (nSPS) is 21.1. The molecule has 1 atom stereocenters. The van der Waals surface area contributed by atoms with Crippen LogP contribution in [0, 0.1) is 29.2 Å². The Hall–Kier alpha value is -2.21. The van der Waals surface area contributed by atoms with Crippen LogP contribution < -0.4 is 0 Å². The summed E-state index contributed by atoms with van der Waals surface area (Å²) in [6, 6.07) is 4.94. The second-order valence-corrected chi connectivity index (χ2v) is 7.08. The molecule has 1 aliphatic carbocycles. The molecule has 0 radical (unpaired) electrons. The van der Waals surface area contributed by atoms with Crippen molar-refractivity contribution in [2.24, 2.45) is 5.92 Å². The van der Waals surface area contributed by atoms with Crippen molar-refractivity contribution in [1.29, 1.82) is 0 Å². The highest BCUT2D eigenvalue weighted by molar-refractivity contribution is 5.66. The van der Waals surface area contributed by atoms with Gasteiger partial charge in [-0.15, -0.1) is 0 Å². The second-order valence-electron chi connectivity index (χ2n) is 7.08. The molecule has 0 amide bonds. The van der Waals surface area contributed by atoms with Gasteiger partial charge in [-0.1, -0.05) is 24.3 Å². The first-order valence-electron chi connectivity index (χ1n) is 8.94. The maximum atomic E-state index is 14.7. The molecule has 1 fully saturated rings. The van der Waals surface area contributed by atoms with Gasteiger partial charge in [0, 0.05) is 22.6 Å². The van der Waals surface area contributed by atoms with Crippen LogP contribution in [-0.4, -0.2) is 11.4 Å². The van der Waals surface area contributed by atoms with Gasteiger partial charge in [-0.2, -0.15) is 0 Å². The third-order valence-electron chi connectivity index (χ3n) is 5.37. The zero-order valence-corrected chi connectivity index (χ0v) is 14.8. The molecule has 2 aromatic carbocycles. The van der Waals surface area contributed by atoms with Crippen molar-refractivity contribution < 1.29 is 27.5 Å². The average Bonchev–Trinajstić information content (AvgIpc) is 2.66. The van der Waals surface area contributed by atoms with Crippen molar-refractivity contribution in [3.63, 3.8) is 0 Å². The van der Waals surface area contributed by atoms with E-state index in [2.05, 4.69) is 0 Å². The number of carbonyl (C=O) groups is 1. The lowest BCUT2D eigenvalue weighted by Crippen LogP contribution is -2.15. The van der Waals surface area contributed by atoms with E-state index in [9.17, 15) is 27.5 Å². The number of hydrogen-bond donors (Lipinski definition) is 1. The molecule has 0 saturated heterocycles. The first-order valence-corrected chi connectivity index (χ1v) is 8.94. The van der Waals surface area contributed by atoms with Crippen molar-refractivity contribution in [2.45, 2.75) is 44.6 Å². The van der Waals surface area contributed by atoms with E-state index in [0.717, 1.165) is 18.4 Å². The highest BCUT2D eigenvalue weighted by atomic mass is 19.2. The number of aldehydes is 1. The summed E-state index contributed by atoms with van der Waals surface area (Å²) in [7, 11) is 0. The maximum Gasteiger partial charge on any atom is 0.167 e. The Balaban J connectivity index is 1.97. The van der Waals surface area contributed by atoms with Crippen LogP contribution in [-0.2, 0) is 4.79 Å². The minimum absolute atomic E-state index is 0.0436. The standard InChI is InChI=1S/C21H20F4O2/c1-11(27)14-6-8-16(20(24)18(14)22)17-9-7-15(19(23)21(17)25)13-4-2-12(10-26)3-5-13/h6-13,27H,2-5H2,1H3. The third-order valence-corrected chi connectivity index (χ3v) is 5.37. The van der Waals surface area contributed by atoms with Gasteiger partial charge in [0.15, 0.2) is 23.3 Å². The fourth-order valence-corrected chi connectivity index (χ4v) is 3.75. The van der Waals surface area contributed by atoms with E-state index in [0.29, 0.717) is 25.7 Å². The molecule has 27 heavy (non-hydrogen) atoms. The molecule has 1 N–H and O–H groups in total. The van der Waals surface area contributed by atoms with E-state index < -0.39 is 34.9 Å². The quantitative estimate of drug-likeness (QED) is 0.567. The Morgan fingerprint density at radius 2 is 1.44 bits per heavy atom. The summed E-state index contributed by atoms with van der Waals surface area (Å²) in [6.07, 6.45) is 2.06.